The van der Waals surface area contributed by atoms with E-state index in [1.807, 2.05) is 0 Å². The van der Waals surface area contributed by atoms with Crippen molar-refractivity contribution in [3.8, 4) is 5.75 Å². The molecule has 6 heteroatoms. The number of amides is 2. The lowest BCUT2D eigenvalue weighted by Gasteiger charge is -2.11. The highest BCUT2D eigenvalue weighted by Gasteiger charge is 2.22. The maximum atomic E-state index is 12.0. The molecule has 0 saturated carbocycles. The Morgan fingerprint density at radius 3 is 2.56 bits per heavy atom. The molecule has 0 aliphatic heterocycles. The highest BCUT2D eigenvalue weighted by molar-refractivity contribution is 6.01. The summed E-state index contributed by atoms with van der Waals surface area (Å²) >= 11 is 0. The number of nitrogens with one attached hydrogen (secondary N) is 2. The molecule has 2 aromatic rings. The van der Waals surface area contributed by atoms with E-state index in [2.05, 4.69) is 10.6 Å². The first-order valence-electron chi connectivity index (χ1n) is 7.98. The fourth-order valence-electron chi connectivity index (χ4n) is 2.78. The number of hydrogen-bond donors (Lipinski definition) is 2. The van der Waals surface area contributed by atoms with E-state index in [1.165, 1.54) is 0 Å². The SMILES string of the molecule is CNC(=O)c1ccc(NC(=O)COc2cccc3c2CCC3=O)cc1. The van der Waals surface area contributed by atoms with E-state index in [4.69, 9.17) is 4.74 Å². The maximum absolute atomic E-state index is 12.0. The Morgan fingerprint density at radius 2 is 1.84 bits per heavy atom. The molecule has 0 spiro atoms. The van der Waals surface area contributed by atoms with Crippen molar-refractivity contribution in [2.24, 2.45) is 0 Å². The van der Waals surface area contributed by atoms with Crippen molar-refractivity contribution in [2.75, 3.05) is 19.0 Å². The molecular weight excluding hydrogens is 320 g/mol. The van der Waals surface area contributed by atoms with E-state index >= 15 is 0 Å². The third-order valence-corrected chi connectivity index (χ3v) is 4.05. The van der Waals surface area contributed by atoms with Crippen LogP contribution in [0.4, 0.5) is 5.69 Å². The van der Waals surface area contributed by atoms with E-state index in [-0.39, 0.29) is 24.2 Å². The molecule has 1 aliphatic rings. The molecule has 0 aromatic heterocycles. The number of ketones is 1. The van der Waals surface area contributed by atoms with E-state index in [0.29, 0.717) is 35.4 Å². The number of carbonyl (C=O) groups excluding carboxylic acids is 3. The minimum absolute atomic E-state index is 0.112. The molecule has 2 amide bonds. The first-order chi connectivity index (χ1) is 12.1. The number of ether oxygens (including phenoxy) is 1. The number of anilines is 1. The quantitative estimate of drug-likeness (QED) is 0.875. The Labute approximate surface area is 145 Å². The Bertz CT molecular complexity index is 828. The normalized spacial score (nSPS) is 12.4. The zero-order valence-corrected chi connectivity index (χ0v) is 13.8. The van der Waals surface area contributed by atoms with Gasteiger partial charge in [-0.05, 0) is 36.8 Å². The molecule has 0 unspecified atom stereocenters. The lowest BCUT2D eigenvalue weighted by Crippen LogP contribution is -2.21. The molecule has 0 fully saturated rings. The Hall–Kier alpha value is -3.15. The van der Waals surface area contributed by atoms with E-state index in [9.17, 15) is 14.4 Å². The van der Waals surface area contributed by atoms with Gasteiger partial charge >= 0.3 is 0 Å². The predicted octanol–water partition coefficient (Wildman–Crippen LogP) is 2.19. The summed E-state index contributed by atoms with van der Waals surface area (Å²) < 4.78 is 5.58. The fourth-order valence-corrected chi connectivity index (χ4v) is 2.78. The van der Waals surface area contributed by atoms with Crippen LogP contribution in [0.1, 0.15) is 32.7 Å². The van der Waals surface area contributed by atoms with Gasteiger partial charge in [0.05, 0.1) is 0 Å². The van der Waals surface area contributed by atoms with Gasteiger partial charge in [-0.15, -0.1) is 0 Å². The third kappa shape index (κ3) is 3.68. The first-order valence-corrected chi connectivity index (χ1v) is 7.98. The number of carbonyl (C=O) groups is 3. The van der Waals surface area contributed by atoms with Gasteiger partial charge in [-0.25, -0.2) is 0 Å². The fraction of sp³-hybridized carbons (Fsp3) is 0.211. The van der Waals surface area contributed by atoms with Crippen molar-refractivity contribution in [1.29, 1.82) is 0 Å². The van der Waals surface area contributed by atoms with Gasteiger partial charge in [0.1, 0.15) is 5.75 Å². The van der Waals surface area contributed by atoms with Crippen LogP contribution in [-0.4, -0.2) is 31.3 Å². The molecule has 6 nitrogen and oxygen atoms in total. The molecule has 128 valence electrons. The summed E-state index contributed by atoms with van der Waals surface area (Å²) in [5.41, 5.74) is 2.65. The highest BCUT2D eigenvalue weighted by Crippen LogP contribution is 2.30. The molecule has 0 bridgehead atoms. The maximum Gasteiger partial charge on any atom is 0.262 e. The van der Waals surface area contributed by atoms with Crippen LogP contribution in [0, 0.1) is 0 Å². The number of Topliss-reactive ketones (excluding diaryl/α,β-unsaturated/α-hetero) is 1. The molecule has 0 radical (unpaired) electrons. The molecule has 2 aromatic carbocycles. The molecule has 3 rings (SSSR count). The average Bonchev–Trinajstić information content (AvgIpc) is 3.02. The second-order valence-corrected chi connectivity index (χ2v) is 5.70. The lowest BCUT2D eigenvalue weighted by atomic mass is 10.1. The summed E-state index contributed by atoms with van der Waals surface area (Å²) in [6, 6.07) is 11.9. The topological polar surface area (TPSA) is 84.5 Å². The number of benzene rings is 2. The van der Waals surface area contributed by atoms with Crippen LogP contribution in [-0.2, 0) is 11.2 Å². The second kappa shape index (κ2) is 7.17. The molecule has 2 N–H and O–H groups in total. The Balaban J connectivity index is 1.59. The van der Waals surface area contributed by atoms with Crippen LogP contribution in [0.25, 0.3) is 0 Å². The molecule has 25 heavy (non-hydrogen) atoms. The largest absolute Gasteiger partial charge is 0.483 e. The monoisotopic (exact) mass is 338 g/mol. The molecule has 1 aliphatic carbocycles. The summed E-state index contributed by atoms with van der Waals surface area (Å²) in [6.45, 7) is -0.151. The van der Waals surface area contributed by atoms with Gasteiger partial charge in [0.2, 0.25) is 0 Å². The minimum atomic E-state index is -0.311. The summed E-state index contributed by atoms with van der Waals surface area (Å²) in [4.78, 5) is 35.3. The zero-order valence-electron chi connectivity index (χ0n) is 13.8. The smallest absolute Gasteiger partial charge is 0.262 e. The minimum Gasteiger partial charge on any atom is -0.483 e. The lowest BCUT2D eigenvalue weighted by molar-refractivity contribution is -0.118. The summed E-state index contributed by atoms with van der Waals surface area (Å²) in [7, 11) is 1.56. The van der Waals surface area contributed by atoms with Crippen molar-refractivity contribution in [3.05, 3.63) is 59.2 Å². The van der Waals surface area contributed by atoms with Gasteiger partial charge in [-0.2, -0.15) is 0 Å². The van der Waals surface area contributed by atoms with Crippen LogP contribution in [0.5, 0.6) is 5.75 Å². The van der Waals surface area contributed by atoms with E-state index in [1.54, 1.807) is 49.5 Å². The second-order valence-electron chi connectivity index (χ2n) is 5.70. The van der Waals surface area contributed by atoms with Crippen LogP contribution in [0.15, 0.2) is 42.5 Å². The van der Waals surface area contributed by atoms with Gasteiger partial charge < -0.3 is 15.4 Å². The number of fused-ring (bicyclic) bond motifs is 1. The van der Waals surface area contributed by atoms with Crippen molar-refractivity contribution in [1.82, 2.24) is 5.32 Å². The summed E-state index contributed by atoms with van der Waals surface area (Å²) in [5, 5.41) is 5.24. The van der Waals surface area contributed by atoms with Crippen molar-refractivity contribution in [2.45, 2.75) is 12.8 Å². The van der Waals surface area contributed by atoms with Crippen LogP contribution < -0.4 is 15.4 Å². The standard InChI is InChI=1S/C19H18N2O4/c1-20-19(24)12-5-7-13(8-6-12)21-18(23)11-25-17-4-2-3-14-15(17)9-10-16(14)22/h2-8H,9-11H2,1H3,(H,20,24)(H,21,23). The van der Waals surface area contributed by atoms with Gasteiger partial charge in [0.15, 0.2) is 12.4 Å². The predicted molar refractivity (Wildman–Crippen MR) is 93.1 cm³/mol. The average molecular weight is 338 g/mol. The molecule has 0 heterocycles. The van der Waals surface area contributed by atoms with Crippen molar-refractivity contribution < 1.29 is 19.1 Å². The molecule has 0 saturated heterocycles. The molecular formula is C19H18N2O4. The van der Waals surface area contributed by atoms with Crippen molar-refractivity contribution in [3.63, 3.8) is 0 Å². The van der Waals surface area contributed by atoms with Gasteiger partial charge in [-0.3, -0.25) is 14.4 Å². The summed E-state index contributed by atoms with van der Waals surface area (Å²) in [5.74, 6) is 0.192. The number of rotatable bonds is 5. The summed E-state index contributed by atoms with van der Waals surface area (Å²) in [6.07, 6.45) is 1.13. The zero-order chi connectivity index (χ0) is 17.8. The van der Waals surface area contributed by atoms with Gasteiger partial charge in [-0.1, -0.05) is 12.1 Å². The Morgan fingerprint density at radius 1 is 1.08 bits per heavy atom. The van der Waals surface area contributed by atoms with Crippen LogP contribution in [0.2, 0.25) is 0 Å². The molecule has 0 atom stereocenters. The van der Waals surface area contributed by atoms with E-state index < -0.39 is 0 Å². The van der Waals surface area contributed by atoms with Gasteiger partial charge in [0.25, 0.3) is 11.8 Å². The third-order valence-electron chi connectivity index (χ3n) is 4.05. The Kier molecular flexibility index (Phi) is 4.79. The van der Waals surface area contributed by atoms with Crippen LogP contribution in [0.3, 0.4) is 0 Å². The van der Waals surface area contributed by atoms with E-state index in [0.717, 1.165) is 5.56 Å². The first kappa shape index (κ1) is 16.7. The van der Waals surface area contributed by atoms with Gasteiger partial charge in [0, 0.05) is 35.8 Å². The van der Waals surface area contributed by atoms with Crippen LogP contribution >= 0.6 is 0 Å². The highest BCUT2D eigenvalue weighted by atomic mass is 16.5. The van der Waals surface area contributed by atoms with Crippen molar-refractivity contribution >= 4 is 23.3 Å². The number of hydrogen-bond acceptors (Lipinski definition) is 4.